The second-order valence-electron chi connectivity index (χ2n) is 7.15. The summed E-state index contributed by atoms with van der Waals surface area (Å²) in [6.07, 6.45) is -5.56. The lowest BCUT2D eigenvalue weighted by atomic mass is 10.1. The molecule has 0 radical (unpaired) electrons. The predicted octanol–water partition coefficient (Wildman–Crippen LogP) is 5.67. The maximum atomic E-state index is 13.4. The first-order valence-corrected chi connectivity index (χ1v) is 11.6. The van der Waals surface area contributed by atoms with Gasteiger partial charge in [-0.05, 0) is 47.5 Å². The summed E-state index contributed by atoms with van der Waals surface area (Å²) in [5.74, 6) is -3.70. The third kappa shape index (κ3) is 7.59. The summed E-state index contributed by atoms with van der Waals surface area (Å²) in [5.41, 5.74) is -0.504. The first-order valence-electron chi connectivity index (χ1n) is 9.37. The molecule has 12 heteroatoms. The Morgan fingerprint density at radius 2 is 1.72 bits per heavy atom. The summed E-state index contributed by atoms with van der Waals surface area (Å²) in [7, 11) is -3.40. The van der Waals surface area contributed by atoms with Crippen molar-refractivity contribution in [3.8, 4) is 5.75 Å². The van der Waals surface area contributed by atoms with Crippen molar-refractivity contribution in [1.82, 2.24) is 4.72 Å². The van der Waals surface area contributed by atoms with Gasteiger partial charge in [0, 0.05) is 35.2 Å². The molecule has 0 unspecified atom stereocenters. The summed E-state index contributed by atoms with van der Waals surface area (Å²) >= 11 is 2.86. The fourth-order valence-electron chi connectivity index (χ4n) is 2.84. The minimum Gasteiger partial charge on any atom is -0.496 e. The maximum Gasteiger partial charge on any atom is 0.420 e. The number of benzene rings is 2. The van der Waals surface area contributed by atoms with E-state index >= 15 is 0 Å². The number of para-hydroxylation sites is 1. The summed E-state index contributed by atoms with van der Waals surface area (Å²) < 4.78 is 98.9. The molecule has 0 heterocycles. The first kappa shape index (κ1) is 26.3. The Morgan fingerprint density at radius 1 is 1.09 bits per heavy atom. The van der Waals surface area contributed by atoms with E-state index in [4.69, 9.17) is 4.74 Å². The first-order chi connectivity index (χ1) is 14.7. The molecule has 0 aliphatic carbocycles. The molecule has 0 saturated carbocycles. The van der Waals surface area contributed by atoms with Crippen LogP contribution in [0.5, 0.6) is 5.75 Å². The van der Waals surface area contributed by atoms with Crippen molar-refractivity contribution >= 4 is 31.6 Å². The van der Waals surface area contributed by atoms with Gasteiger partial charge in [0.15, 0.2) is 0 Å². The van der Waals surface area contributed by atoms with Crippen molar-refractivity contribution in [3.05, 3.63) is 52.5 Å². The van der Waals surface area contributed by atoms with Crippen LogP contribution in [0, 0.1) is 0 Å². The fourth-order valence-corrected chi connectivity index (χ4v) is 5.17. The van der Waals surface area contributed by atoms with Gasteiger partial charge in [-0.2, -0.15) is 13.2 Å². The molecule has 2 aromatic rings. The number of anilines is 1. The van der Waals surface area contributed by atoms with Gasteiger partial charge >= 0.3 is 6.18 Å². The number of methoxy groups -OCH3 is 1. The van der Waals surface area contributed by atoms with Gasteiger partial charge in [0.2, 0.25) is 15.9 Å². The standard InChI is InChI=1S/C20H22BrF5N2O3S/c1-19(22,23)9-8-14(12-27-13-6-4-3-5-7-13)28-32(29,30)18-11-17(31-2)15(10-16(18)21)20(24,25)26/h3-7,10-11,14,27-28H,8-9,12H2,1-2H3/t14-/m1/s1. The largest absolute Gasteiger partial charge is 0.496 e. The number of ether oxygens (including phenoxy) is 1. The van der Waals surface area contributed by atoms with Gasteiger partial charge < -0.3 is 10.1 Å². The Balaban J connectivity index is 2.31. The van der Waals surface area contributed by atoms with Crippen LogP contribution in [0.15, 0.2) is 51.8 Å². The Kier molecular flexibility index (Phi) is 8.51. The Labute approximate surface area is 191 Å². The molecule has 0 aliphatic rings. The highest BCUT2D eigenvalue weighted by Crippen LogP contribution is 2.40. The van der Waals surface area contributed by atoms with E-state index in [1.807, 2.05) is 0 Å². The molecule has 0 spiro atoms. The lowest BCUT2D eigenvalue weighted by Crippen LogP contribution is -2.40. The Hall–Kier alpha value is -1.92. The lowest BCUT2D eigenvalue weighted by molar-refractivity contribution is -0.138. The van der Waals surface area contributed by atoms with Gasteiger partial charge in [-0.3, -0.25) is 0 Å². The van der Waals surface area contributed by atoms with Crippen molar-refractivity contribution in [3.63, 3.8) is 0 Å². The molecule has 0 bridgehead atoms. The average Bonchev–Trinajstić information content (AvgIpc) is 2.69. The van der Waals surface area contributed by atoms with E-state index in [1.165, 1.54) is 0 Å². The summed E-state index contributed by atoms with van der Waals surface area (Å²) in [4.78, 5) is -0.504. The summed E-state index contributed by atoms with van der Waals surface area (Å²) in [5, 5.41) is 2.96. The highest BCUT2D eigenvalue weighted by molar-refractivity contribution is 9.10. The third-order valence-corrected chi connectivity index (χ3v) is 6.91. The molecule has 2 rings (SSSR count). The Morgan fingerprint density at radius 3 is 2.25 bits per heavy atom. The van der Waals surface area contributed by atoms with E-state index in [9.17, 15) is 30.4 Å². The number of alkyl halides is 5. The number of halogens is 6. The van der Waals surface area contributed by atoms with Crippen LogP contribution in [0.4, 0.5) is 27.6 Å². The van der Waals surface area contributed by atoms with Crippen LogP contribution < -0.4 is 14.8 Å². The number of sulfonamides is 1. The molecule has 32 heavy (non-hydrogen) atoms. The zero-order chi connectivity index (χ0) is 24.2. The monoisotopic (exact) mass is 544 g/mol. The topological polar surface area (TPSA) is 67.4 Å². The number of hydrogen-bond acceptors (Lipinski definition) is 4. The van der Waals surface area contributed by atoms with E-state index in [1.54, 1.807) is 30.3 Å². The molecular weight excluding hydrogens is 523 g/mol. The number of hydrogen-bond donors (Lipinski definition) is 2. The molecule has 0 aliphatic heterocycles. The van der Waals surface area contributed by atoms with Crippen LogP contribution in [0.2, 0.25) is 0 Å². The second kappa shape index (κ2) is 10.3. The van der Waals surface area contributed by atoms with Gasteiger partial charge in [0.05, 0.1) is 17.6 Å². The van der Waals surface area contributed by atoms with E-state index in [0.29, 0.717) is 11.8 Å². The normalized spacial score (nSPS) is 13.6. The molecule has 1 atom stereocenters. The van der Waals surface area contributed by atoms with Gasteiger partial charge in [-0.25, -0.2) is 21.9 Å². The molecule has 0 fully saturated rings. The smallest absolute Gasteiger partial charge is 0.420 e. The van der Waals surface area contributed by atoms with E-state index < -0.39 is 50.8 Å². The maximum absolute atomic E-state index is 13.4. The van der Waals surface area contributed by atoms with Crippen molar-refractivity contribution < 1.29 is 35.1 Å². The van der Waals surface area contributed by atoms with Gasteiger partial charge in [-0.1, -0.05) is 18.2 Å². The van der Waals surface area contributed by atoms with E-state index in [2.05, 4.69) is 26.0 Å². The van der Waals surface area contributed by atoms with Crippen LogP contribution in [-0.4, -0.2) is 34.0 Å². The van der Waals surface area contributed by atoms with Crippen LogP contribution in [0.25, 0.3) is 0 Å². The van der Waals surface area contributed by atoms with Crippen LogP contribution in [-0.2, 0) is 16.2 Å². The summed E-state index contributed by atoms with van der Waals surface area (Å²) in [6.45, 7) is 0.704. The molecule has 0 amide bonds. The molecule has 5 nitrogen and oxygen atoms in total. The van der Waals surface area contributed by atoms with Crippen LogP contribution >= 0.6 is 15.9 Å². The average molecular weight is 545 g/mol. The van der Waals surface area contributed by atoms with E-state index in [0.717, 1.165) is 20.1 Å². The van der Waals surface area contributed by atoms with Crippen molar-refractivity contribution in [2.45, 2.75) is 42.8 Å². The van der Waals surface area contributed by atoms with Gasteiger partial charge in [-0.15, -0.1) is 0 Å². The zero-order valence-electron chi connectivity index (χ0n) is 17.1. The number of nitrogens with one attached hydrogen (secondary N) is 2. The molecule has 0 saturated heterocycles. The van der Waals surface area contributed by atoms with E-state index in [-0.39, 0.29) is 17.4 Å². The highest BCUT2D eigenvalue weighted by atomic mass is 79.9. The molecule has 2 N–H and O–H groups in total. The van der Waals surface area contributed by atoms with Gasteiger partial charge in [0.25, 0.3) is 0 Å². The van der Waals surface area contributed by atoms with Crippen molar-refractivity contribution in [2.75, 3.05) is 19.0 Å². The molecule has 178 valence electrons. The SMILES string of the molecule is COc1cc(S(=O)(=O)N[C@H](CCC(C)(F)F)CNc2ccccc2)c(Br)cc1C(F)(F)F. The zero-order valence-corrected chi connectivity index (χ0v) is 19.5. The van der Waals surface area contributed by atoms with Crippen molar-refractivity contribution in [2.24, 2.45) is 0 Å². The van der Waals surface area contributed by atoms with Crippen LogP contribution in [0.1, 0.15) is 25.3 Å². The molecular formula is C20H22BrF5N2O3S. The quantitative estimate of drug-likeness (QED) is 0.378. The molecule has 2 aromatic carbocycles. The minimum absolute atomic E-state index is 0.0191. The third-order valence-electron chi connectivity index (χ3n) is 4.43. The predicted molar refractivity (Wildman–Crippen MR) is 115 cm³/mol. The van der Waals surface area contributed by atoms with Crippen molar-refractivity contribution in [1.29, 1.82) is 0 Å². The number of rotatable bonds is 10. The molecule has 0 aromatic heterocycles. The van der Waals surface area contributed by atoms with Gasteiger partial charge in [0.1, 0.15) is 5.75 Å². The minimum atomic E-state index is -4.77. The summed E-state index contributed by atoms with van der Waals surface area (Å²) in [6, 6.07) is 9.08. The highest BCUT2D eigenvalue weighted by Gasteiger charge is 2.36. The second-order valence-corrected chi connectivity index (χ2v) is 9.69. The van der Waals surface area contributed by atoms with Crippen LogP contribution in [0.3, 0.4) is 0 Å². The Bertz CT molecular complexity index is 1010. The fraction of sp³-hybridized carbons (Fsp3) is 0.400. The lowest BCUT2D eigenvalue weighted by Gasteiger charge is -2.22.